The number of carbonyl (C=O) groups excluding carboxylic acids is 3. The fourth-order valence-electron chi connectivity index (χ4n) is 9.08. The number of nitrogens with one attached hydrogen (secondary N) is 2. The van der Waals surface area contributed by atoms with E-state index in [-0.39, 0.29) is 104 Å². The van der Waals surface area contributed by atoms with E-state index in [2.05, 4.69) is 83.3 Å². The third kappa shape index (κ3) is 11.8. The van der Waals surface area contributed by atoms with Crippen LogP contribution < -0.4 is 15.6 Å². The van der Waals surface area contributed by atoms with Crippen molar-refractivity contribution >= 4 is 113 Å². The number of fused-ring (bicyclic) bond motifs is 6. The standard InChI is InChI=1S/C45H57N9O5S.5H2S/c1-7-53-38-13-11-28-19-32(38)34(41(53)33-20-30(24-47-40(33)27(2)58-6)52-17-15-51(5)16-18-52)22-45(3,4)26-59-44(57)35-9-8-14-54(50-35)43(56)36(21-39-48-37(28)25-60-39)49-42(55)31-12-10-29(31)23-46;;;;;/h11,13,19-20,24-25,27,29,31,35-36,50H,7-10,12,14-18,21-22,26H2,1-6H3,(H,49,55);5*1H2/t27-,29+,31-,35-,36-;;;;;/m0...../s1. The Kier molecular flexibility index (Phi) is 20.5. The molecule has 6 bridgehead atoms. The second-order valence-electron chi connectivity index (χ2n) is 17.7. The van der Waals surface area contributed by atoms with Gasteiger partial charge in [0, 0.05) is 85.6 Å². The van der Waals surface area contributed by atoms with Gasteiger partial charge in [-0.3, -0.25) is 24.4 Å². The number of anilines is 1. The van der Waals surface area contributed by atoms with E-state index in [0.717, 1.165) is 76.5 Å². The molecule has 3 aliphatic heterocycles. The first kappa shape index (κ1) is 56.2. The van der Waals surface area contributed by atoms with E-state index < -0.39 is 29.4 Å². The van der Waals surface area contributed by atoms with Crippen molar-refractivity contribution in [2.45, 2.75) is 91.0 Å². The van der Waals surface area contributed by atoms with Crippen molar-refractivity contribution in [1.82, 2.24) is 35.2 Å². The van der Waals surface area contributed by atoms with Crippen LogP contribution in [0, 0.1) is 28.6 Å². The molecule has 2 saturated heterocycles. The van der Waals surface area contributed by atoms with Crippen molar-refractivity contribution in [3.05, 3.63) is 52.1 Å². The minimum atomic E-state index is -0.939. The average Bonchev–Trinajstić information content (AvgIpc) is 3.83. The number of piperazine rings is 1. The van der Waals surface area contributed by atoms with Crippen LogP contribution >= 0.6 is 78.8 Å². The summed E-state index contributed by atoms with van der Waals surface area (Å²) in [6.45, 7) is 13.5. The van der Waals surface area contributed by atoms with E-state index in [1.54, 1.807) is 7.11 Å². The van der Waals surface area contributed by atoms with Crippen molar-refractivity contribution < 1.29 is 23.9 Å². The number of amides is 2. The predicted octanol–water partition coefficient (Wildman–Crippen LogP) is 6.07. The third-order valence-corrected chi connectivity index (χ3v) is 13.7. The molecule has 20 heteroatoms. The van der Waals surface area contributed by atoms with Crippen molar-refractivity contribution in [2.75, 3.05) is 58.4 Å². The molecule has 8 rings (SSSR count). The zero-order valence-electron chi connectivity index (χ0n) is 38.1. The SMILES string of the molecule is CCn1c(-c2cc(N3CCN(C)CC3)cnc2[C@H](C)OC)c2c3cc(ccc31)-c1csc(n1)C[C@H](NC(=O)[C@H]1CC[C@@H]1C#N)C(=O)N1CCC[C@H](N1)C(=O)OCC(C)(C)C2.S.S.S.S.S. The van der Waals surface area contributed by atoms with Gasteiger partial charge >= 0.3 is 5.97 Å². The molecule has 1 aliphatic carbocycles. The Labute approximate surface area is 422 Å². The molecule has 6 heterocycles. The number of hydrazine groups is 1. The highest BCUT2D eigenvalue weighted by Gasteiger charge is 2.40. The third-order valence-electron chi connectivity index (χ3n) is 12.9. The van der Waals surface area contributed by atoms with Gasteiger partial charge in [-0.2, -0.15) is 72.7 Å². The minimum Gasteiger partial charge on any atom is -0.464 e. The number of aryl methyl sites for hydroxylation is 1. The van der Waals surface area contributed by atoms with Crippen LogP contribution in [0.4, 0.5) is 5.69 Å². The van der Waals surface area contributed by atoms with Gasteiger partial charge in [0.15, 0.2) is 0 Å². The molecular weight excluding hydrogens is 939 g/mol. The largest absolute Gasteiger partial charge is 0.464 e. The van der Waals surface area contributed by atoms with Crippen LogP contribution in [-0.2, 0) is 43.2 Å². The molecule has 2 amide bonds. The second kappa shape index (κ2) is 23.7. The lowest BCUT2D eigenvalue weighted by Gasteiger charge is -2.36. The van der Waals surface area contributed by atoms with Crippen molar-refractivity contribution in [3.63, 3.8) is 0 Å². The topological polar surface area (TPSA) is 158 Å². The van der Waals surface area contributed by atoms with Gasteiger partial charge in [-0.15, -0.1) is 11.3 Å². The van der Waals surface area contributed by atoms with Crippen LogP contribution in [0.5, 0.6) is 0 Å². The highest BCUT2D eigenvalue weighted by atomic mass is 32.1. The number of hydrogen-bond acceptors (Lipinski definition) is 12. The van der Waals surface area contributed by atoms with Crippen LogP contribution in [0.2, 0.25) is 0 Å². The first-order valence-electron chi connectivity index (χ1n) is 21.4. The second-order valence-corrected chi connectivity index (χ2v) is 18.6. The first-order valence-corrected chi connectivity index (χ1v) is 22.3. The number of pyridine rings is 1. The normalized spacial score (nSPS) is 22.4. The molecule has 0 spiro atoms. The molecule has 1 saturated carbocycles. The van der Waals surface area contributed by atoms with Gasteiger partial charge in [0.1, 0.15) is 12.1 Å². The van der Waals surface area contributed by atoms with Crippen molar-refractivity contribution in [3.8, 4) is 28.6 Å². The van der Waals surface area contributed by atoms with Crippen LogP contribution in [0.3, 0.4) is 0 Å². The summed E-state index contributed by atoms with van der Waals surface area (Å²) in [6.07, 6.45) is 4.86. The zero-order chi connectivity index (χ0) is 42.3. The van der Waals surface area contributed by atoms with Crippen molar-refractivity contribution in [2.24, 2.45) is 17.3 Å². The molecule has 0 radical (unpaired) electrons. The summed E-state index contributed by atoms with van der Waals surface area (Å²) in [5.41, 5.74) is 10.6. The number of ether oxygens (including phenoxy) is 2. The number of aromatic nitrogens is 3. The van der Waals surface area contributed by atoms with Gasteiger partial charge in [-0.1, -0.05) is 19.9 Å². The smallest absolute Gasteiger partial charge is 0.324 e. The number of nitriles is 1. The van der Waals surface area contributed by atoms with Gasteiger partial charge in [-0.05, 0) is 76.8 Å². The number of thiazole rings is 1. The highest BCUT2D eigenvalue weighted by molar-refractivity contribution is 7.60. The molecular formula is C45H67N9O5S6. The fraction of sp³-hybridized carbons (Fsp3) is 0.556. The summed E-state index contributed by atoms with van der Waals surface area (Å²) in [4.78, 5) is 56.4. The minimum absolute atomic E-state index is 0. The summed E-state index contributed by atoms with van der Waals surface area (Å²) < 4.78 is 14.5. The van der Waals surface area contributed by atoms with E-state index >= 15 is 0 Å². The maximum atomic E-state index is 14.2. The zero-order valence-corrected chi connectivity index (χ0v) is 43.9. The van der Waals surface area contributed by atoms with E-state index in [0.29, 0.717) is 50.2 Å². The number of rotatable bonds is 7. The van der Waals surface area contributed by atoms with Gasteiger partial charge in [0.05, 0.1) is 64.6 Å². The molecule has 3 aromatic heterocycles. The predicted molar refractivity (Wildman–Crippen MR) is 283 cm³/mol. The summed E-state index contributed by atoms with van der Waals surface area (Å²) >= 11 is 1.45. The molecule has 2 N–H and O–H groups in total. The van der Waals surface area contributed by atoms with Crippen molar-refractivity contribution in [1.29, 1.82) is 5.26 Å². The molecule has 1 aromatic carbocycles. The number of benzene rings is 1. The lowest BCUT2D eigenvalue weighted by Crippen LogP contribution is -2.61. The Morgan fingerprint density at radius 1 is 1.08 bits per heavy atom. The van der Waals surface area contributed by atoms with E-state index in [9.17, 15) is 19.6 Å². The molecule has 3 fully saturated rings. The Hall–Kier alpha value is -3.13. The van der Waals surface area contributed by atoms with Gasteiger partial charge in [-0.25, -0.2) is 10.4 Å². The van der Waals surface area contributed by atoms with Gasteiger partial charge < -0.3 is 29.2 Å². The molecule has 5 atom stereocenters. The van der Waals surface area contributed by atoms with Crippen LogP contribution in [-0.4, -0.2) is 108 Å². The molecule has 4 aromatic rings. The Morgan fingerprint density at radius 2 is 1.82 bits per heavy atom. The van der Waals surface area contributed by atoms with E-state index in [4.69, 9.17) is 19.4 Å². The van der Waals surface area contributed by atoms with Crippen LogP contribution in [0.15, 0.2) is 35.8 Å². The molecule has 4 aliphatic rings. The Balaban J connectivity index is 0.00000224. The number of nitrogens with zero attached hydrogens (tertiary/aromatic N) is 7. The maximum Gasteiger partial charge on any atom is 0.324 e. The van der Waals surface area contributed by atoms with Crippen LogP contribution in [0.1, 0.15) is 75.7 Å². The number of carbonyl (C=O) groups is 3. The quantitative estimate of drug-likeness (QED) is 0.207. The number of esters is 1. The number of methoxy groups -OCH3 is 1. The van der Waals surface area contributed by atoms with E-state index in [1.807, 2.05) is 18.5 Å². The van der Waals surface area contributed by atoms with Crippen LogP contribution in [0.25, 0.3) is 33.4 Å². The monoisotopic (exact) mass is 1010 g/mol. The van der Waals surface area contributed by atoms with E-state index in [1.165, 1.54) is 16.3 Å². The number of cyclic esters (lactones) is 1. The molecule has 358 valence electrons. The Morgan fingerprint density at radius 3 is 2.48 bits per heavy atom. The maximum absolute atomic E-state index is 14.2. The summed E-state index contributed by atoms with van der Waals surface area (Å²) in [6, 6.07) is 9.33. The first-order chi connectivity index (χ1) is 28.9. The summed E-state index contributed by atoms with van der Waals surface area (Å²) in [7, 11) is 3.88. The molecule has 65 heavy (non-hydrogen) atoms. The average molecular weight is 1010 g/mol. The van der Waals surface area contributed by atoms with Gasteiger partial charge in [0.25, 0.3) is 5.91 Å². The lowest BCUT2D eigenvalue weighted by molar-refractivity contribution is -0.155. The summed E-state index contributed by atoms with van der Waals surface area (Å²) in [5.74, 6) is -1.89. The fourth-order valence-corrected chi connectivity index (χ4v) is 9.94. The summed E-state index contributed by atoms with van der Waals surface area (Å²) in [5, 5.41) is 17.8. The van der Waals surface area contributed by atoms with Gasteiger partial charge in [0.2, 0.25) is 5.91 Å². The molecule has 0 unspecified atom stereocenters. The lowest BCUT2D eigenvalue weighted by atomic mass is 9.74. The number of hydrogen-bond donors (Lipinski definition) is 2. The molecule has 14 nitrogen and oxygen atoms in total. The number of likely N-dealkylation sites (N-methyl/N-ethyl adjacent to an activating group) is 1. The highest BCUT2D eigenvalue weighted by Crippen LogP contribution is 2.43. The Bertz CT molecular complexity index is 2330.